The zero-order valence-electron chi connectivity index (χ0n) is 14.7. The fourth-order valence-corrected chi connectivity index (χ4v) is 3.62. The number of ether oxygens (including phenoxy) is 2. The van der Waals surface area contributed by atoms with E-state index in [1.807, 2.05) is 38.4 Å². The van der Waals surface area contributed by atoms with Gasteiger partial charge in [-0.25, -0.2) is 0 Å². The number of anilines is 1. The first-order chi connectivity index (χ1) is 11.6. The monoisotopic (exact) mass is 332 g/mol. The van der Waals surface area contributed by atoms with Crippen LogP contribution in [-0.4, -0.2) is 51.5 Å². The predicted molar refractivity (Wildman–Crippen MR) is 94.4 cm³/mol. The molecule has 0 saturated carbocycles. The number of hydrogen-bond acceptors (Lipinski definition) is 4. The first kappa shape index (κ1) is 17.2. The summed E-state index contributed by atoms with van der Waals surface area (Å²) in [5, 5.41) is 3.21. The number of rotatable bonds is 4. The summed E-state index contributed by atoms with van der Waals surface area (Å²) in [7, 11) is 4.03. The van der Waals surface area contributed by atoms with Gasteiger partial charge in [0.2, 0.25) is 5.91 Å². The Morgan fingerprint density at radius 3 is 2.58 bits per heavy atom. The van der Waals surface area contributed by atoms with Gasteiger partial charge in [0.1, 0.15) is 0 Å². The van der Waals surface area contributed by atoms with E-state index in [1.165, 1.54) is 0 Å². The highest BCUT2D eigenvalue weighted by molar-refractivity contribution is 5.79. The highest BCUT2D eigenvalue weighted by Crippen LogP contribution is 2.34. The number of nitrogens with one attached hydrogen (secondary N) is 1. The van der Waals surface area contributed by atoms with Crippen LogP contribution in [0.15, 0.2) is 24.3 Å². The van der Waals surface area contributed by atoms with Gasteiger partial charge in [-0.2, -0.15) is 0 Å². The fourth-order valence-electron chi connectivity index (χ4n) is 3.62. The molecule has 3 rings (SSSR count). The van der Waals surface area contributed by atoms with Crippen LogP contribution in [-0.2, 0) is 20.7 Å². The maximum absolute atomic E-state index is 12.4. The minimum atomic E-state index is -0.0815. The summed E-state index contributed by atoms with van der Waals surface area (Å²) < 4.78 is 11.5. The van der Waals surface area contributed by atoms with E-state index in [0.29, 0.717) is 6.42 Å². The normalized spacial score (nSPS) is 23.0. The van der Waals surface area contributed by atoms with E-state index in [-0.39, 0.29) is 17.6 Å². The Morgan fingerprint density at radius 1 is 1.21 bits per heavy atom. The van der Waals surface area contributed by atoms with Crippen molar-refractivity contribution in [3.63, 3.8) is 0 Å². The first-order valence-corrected chi connectivity index (χ1v) is 8.84. The van der Waals surface area contributed by atoms with Crippen LogP contribution in [0.25, 0.3) is 0 Å². The van der Waals surface area contributed by atoms with Crippen LogP contribution in [0.2, 0.25) is 0 Å². The Hall–Kier alpha value is -1.59. The maximum Gasteiger partial charge on any atom is 0.224 e. The van der Waals surface area contributed by atoms with Crippen molar-refractivity contribution in [2.45, 2.75) is 43.7 Å². The molecule has 1 N–H and O–H groups in total. The Kier molecular flexibility index (Phi) is 5.41. The van der Waals surface area contributed by atoms with E-state index in [1.54, 1.807) is 0 Å². The molecule has 24 heavy (non-hydrogen) atoms. The van der Waals surface area contributed by atoms with Gasteiger partial charge >= 0.3 is 0 Å². The number of benzene rings is 1. The summed E-state index contributed by atoms with van der Waals surface area (Å²) >= 11 is 0. The summed E-state index contributed by atoms with van der Waals surface area (Å²) in [5.74, 6) is 0.0988. The summed E-state index contributed by atoms with van der Waals surface area (Å²) in [6.07, 6.45) is 4.10. The van der Waals surface area contributed by atoms with E-state index in [9.17, 15) is 4.79 Å². The van der Waals surface area contributed by atoms with Gasteiger partial charge < -0.3 is 19.7 Å². The molecule has 2 saturated heterocycles. The molecule has 1 aromatic carbocycles. The second-order valence-electron chi connectivity index (χ2n) is 7.14. The molecule has 5 nitrogen and oxygen atoms in total. The van der Waals surface area contributed by atoms with Crippen LogP contribution in [0, 0.1) is 0 Å². The lowest BCUT2D eigenvalue weighted by Crippen LogP contribution is -2.51. The van der Waals surface area contributed by atoms with Crippen molar-refractivity contribution in [1.29, 1.82) is 0 Å². The molecule has 2 aliphatic heterocycles. The van der Waals surface area contributed by atoms with Gasteiger partial charge in [0.15, 0.2) is 0 Å². The molecule has 2 fully saturated rings. The van der Waals surface area contributed by atoms with Crippen LogP contribution in [0.4, 0.5) is 5.69 Å². The van der Waals surface area contributed by atoms with Gasteiger partial charge in [0.05, 0.1) is 12.0 Å². The van der Waals surface area contributed by atoms with E-state index >= 15 is 0 Å². The molecule has 1 aromatic rings. The molecule has 0 unspecified atom stereocenters. The number of hydrogen-bond donors (Lipinski definition) is 1. The number of nitrogens with zero attached hydrogens (tertiary/aromatic N) is 1. The minimum absolute atomic E-state index is 0.0815. The average molecular weight is 332 g/mol. The van der Waals surface area contributed by atoms with Crippen molar-refractivity contribution in [3.8, 4) is 0 Å². The minimum Gasteiger partial charge on any atom is -0.381 e. The molecule has 2 heterocycles. The Labute approximate surface area is 144 Å². The lowest BCUT2D eigenvalue weighted by Gasteiger charge is -2.43. The van der Waals surface area contributed by atoms with Crippen molar-refractivity contribution < 1.29 is 14.3 Å². The molecule has 1 spiro atoms. The van der Waals surface area contributed by atoms with Crippen LogP contribution in [0.5, 0.6) is 0 Å². The second kappa shape index (κ2) is 7.53. The van der Waals surface area contributed by atoms with Crippen molar-refractivity contribution >= 4 is 11.6 Å². The third-order valence-corrected chi connectivity index (χ3v) is 5.08. The van der Waals surface area contributed by atoms with Crippen LogP contribution in [0.1, 0.15) is 31.2 Å². The first-order valence-electron chi connectivity index (χ1n) is 8.84. The van der Waals surface area contributed by atoms with Crippen LogP contribution in [0.3, 0.4) is 0 Å². The summed E-state index contributed by atoms with van der Waals surface area (Å²) in [5.41, 5.74) is 2.11. The number of amides is 1. The SMILES string of the molecule is CN(C)c1ccc(CC(=O)N[C@@H]2CCOC3(CCOCC3)C2)cc1. The van der Waals surface area contributed by atoms with Gasteiger partial charge in [-0.1, -0.05) is 12.1 Å². The van der Waals surface area contributed by atoms with E-state index in [2.05, 4.69) is 10.2 Å². The number of carbonyl (C=O) groups is 1. The number of carbonyl (C=O) groups excluding carboxylic acids is 1. The highest BCUT2D eigenvalue weighted by Gasteiger charge is 2.39. The molecular weight excluding hydrogens is 304 g/mol. The molecule has 0 bridgehead atoms. The lowest BCUT2D eigenvalue weighted by molar-refractivity contribution is -0.143. The van der Waals surface area contributed by atoms with Crippen molar-refractivity contribution in [2.75, 3.05) is 38.8 Å². The van der Waals surface area contributed by atoms with E-state index < -0.39 is 0 Å². The summed E-state index contributed by atoms with van der Waals surface area (Å²) in [6.45, 7) is 2.25. The van der Waals surface area contributed by atoms with Crippen molar-refractivity contribution in [2.24, 2.45) is 0 Å². The van der Waals surface area contributed by atoms with Crippen molar-refractivity contribution in [3.05, 3.63) is 29.8 Å². The molecule has 0 aromatic heterocycles. The molecule has 0 radical (unpaired) electrons. The third kappa shape index (κ3) is 4.28. The summed E-state index contributed by atoms with van der Waals surface area (Å²) in [4.78, 5) is 14.4. The Bertz CT molecular complexity index is 545. The second-order valence-corrected chi connectivity index (χ2v) is 7.14. The van der Waals surface area contributed by atoms with Crippen LogP contribution >= 0.6 is 0 Å². The molecule has 5 heteroatoms. The molecule has 2 aliphatic rings. The zero-order valence-corrected chi connectivity index (χ0v) is 14.7. The van der Waals surface area contributed by atoms with E-state index in [0.717, 1.165) is 56.8 Å². The molecule has 0 aliphatic carbocycles. The maximum atomic E-state index is 12.4. The predicted octanol–water partition coefficient (Wildman–Crippen LogP) is 2.14. The largest absolute Gasteiger partial charge is 0.381 e. The Morgan fingerprint density at radius 2 is 1.92 bits per heavy atom. The molecular formula is C19H28N2O3. The van der Waals surface area contributed by atoms with Crippen LogP contribution < -0.4 is 10.2 Å². The fraction of sp³-hybridized carbons (Fsp3) is 0.632. The highest BCUT2D eigenvalue weighted by atomic mass is 16.5. The molecule has 132 valence electrons. The smallest absolute Gasteiger partial charge is 0.224 e. The van der Waals surface area contributed by atoms with Gasteiger partial charge in [-0.3, -0.25) is 4.79 Å². The quantitative estimate of drug-likeness (QED) is 0.918. The van der Waals surface area contributed by atoms with E-state index in [4.69, 9.17) is 9.47 Å². The molecule has 1 amide bonds. The van der Waals surface area contributed by atoms with Crippen molar-refractivity contribution in [1.82, 2.24) is 5.32 Å². The zero-order chi connectivity index (χ0) is 17.0. The average Bonchev–Trinajstić information content (AvgIpc) is 2.56. The van der Waals surface area contributed by atoms with Gasteiger partial charge in [-0.15, -0.1) is 0 Å². The van der Waals surface area contributed by atoms with Gasteiger partial charge in [-0.05, 0) is 43.4 Å². The Balaban J connectivity index is 1.52. The lowest BCUT2D eigenvalue weighted by atomic mass is 9.84. The summed E-state index contributed by atoms with van der Waals surface area (Å²) in [6, 6.07) is 8.37. The molecule has 1 atom stereocenters. The standard InChI is InChI=1S/C19H28N2O3/c1-21(2)17-5-3-15(4-6-17)13-18(22)20-16-7-10-24-19(14-16)8-11-23-12-9-19/h3-6,16H,7-14H2,1-2H3,(H,20,22)/t16-/m1/s1. The van der Waals surface area contributed by atoms with Gasteiger partial charge in [0, 0.05) is 45.6 Å². The third-order valence-electron chi connectivity index (χ3n) is 5.08. The van der Waals surface area contributed by atoms with Gasteiger partial charge in [0.25, 0.3) is 0 Å². The topological polar surface area (TPSA) is 50.8 Å².